The van der Waals surface area contributed by atoms with Gasteiger partial charge in [0.25, 0.3) is 0 Å². The molecule has 0 unspecified atom stereocenters. The van der Waals surface area contributed by atoms with Crippen molar-refractivity contribution in [3.8, 4) is 5.75 Å². The van der Waals surface area contributed by atoms with Crippen molar-refractivity contribution in [2.24, 2.45) is 0 Å². The molecule has 2 rings (SSSR count). The lowest BCUT2D eigenvalue weighted by Crippen LogP contribution is -2.07. The molecule has 0 spiro atoms. The Hall–Kier alpha value is -1.74. The van der Waals surface area contributed by atoms with Gasteiger partial charge in [-0.1, -0.05) is 19.1 Å². The van der Waals surface area contributed by atoms with E-state index >= 15 is 0 Å². The molecule has 0 fully saturated rings. The molecule has 0 radical (unpaired) electrons. The third-order valence-corrected chi connectivity index (χ3v) is 3.79. The Morgan fingerprint density at radius 3 is 2.43 bits per heavy atom. The second-order valence-electron chi connectivity index (χ2n) is 4.98. The highest BCUT2D eigenvalue weighted by Crippen LogP contribution is 2.21. The summed E-state index contributed by atoms with van der Waals surface area (Å²) >= 11 is 1.77. The van der Waals surface area contributed by atoms with Crippen LogP contribution in [0.4, 0.5) is 0 Å². The number of rotatable bonds is 6. The number of hydrogen-bond acceptors (Lipinski definition) is 3. The van der Waals surface area contributed by atoms with Crippen molar-refractivity contribution in [3.63, 3.8) is 0 Å². The minimum atomic E-state index is 0.0252. The zero-order valence-corrected chi connectivity index (χ0v) is 13.4. The minimum absolute atomic E-state index is 0.0252. The molecule has 2 nitrogen and oxygen atoms in total. The zero-order chi connectivity index (χ0) is 15.2. The predicted octanol–water partition coefficient (Wildman–Crippen LogP) is 4.82. The van der Waals surface area contributed by atoms with Crippen molar-refractivity contribution in [3.05, 3.63) is 59.7 Å². The van der Waals surface area contributed by atoms with Crippen molar-refractivity contribution in [2.75, 3.05) is 5.75 Å². The van der Waals surface area contributed by atoms with Crippen LogP contribution in [-0.4, -0.2) is 17.6 Å². The summed E-state index contributed by atoms with van der Waals surface area (Å²) in [4.78, 5) is 13.7. The Balaban J connectivity index is 2.19. The first-order valence-corrected chi connectivity index (χ1v) is 8.13. The quantitative estimate of drug-likeness (QED) is 0.565. The monoisotopic (exact) mass is 300 g/mol. The Bertz CT molecular complexity index is 603. The lowest BCUT2D eigenvalue weighted by molar-refractivity contribution is 0.103. The molecule has 0 aliphatic rings. The van der Waals surface area contributed by atoms with Crippen LogP contribution in [0.5, 0.6) is 5.75 Å². The average Bonchev–Trinajstić information content (AvgIpc) is 2.47. The van der Waals surface area contributed by atoms with E-state index in [1.807, 2.05) is 56.3 Å². The van der Waals surface area contributed by atoms with Crippen LogP contribution in [0.15, 0.2) is 53.4 Å². The first-order valence-electron chi connectivity index (χ1n) is 7.14. The molecule has 0 N–H and O–H groups in total. The molecule has 3 heteroatoms. The standard InChI is InChI=1S/C18H20O2S/c1-4-21-17-10-8-14(9-11-17)18(19)15-6-5-7-16(12-15)20-13(2)3/h5-13H,4H2,1-3H3. The number of benzene rings is 2. The fourth-order valence-electron chi connectivity index (χ4n) is 2.02. The fourth-order valence-corrected chi connectivity index (χ4v) is 2.68. The van der Waals surface area contributed by atoms with Gasteiger partial charge in [0.2, 0.25) is 0 Å². The highest BCUT2D eigenvalue weighted by molar-refractivity contribution is 7.99. The third kappa shape index (κ3) is 4.36. The number of ketones is 1. The maximum Gasteiger partial charge on any atom is 0.193 e. The van der Waals surface area contributed by atoms with Gasteiger partial charge in [0, 0.05) is 16.0 Å². The van der Waals surface area contributed by atoms with E-state index in [0.29, 0.717) is 11.1 Å². The molecule has 0 amide bonds. The van der Waals surface area contributed by atoms with Crippen molar-refractivity contribution in [1.29, 1.82) is 0 Å². The van der Waals surface area contributed by atoms with Crippen LogP contribution in [0.3, 0.4) is 0 Å². The highest BCUT2D eigenvalue weighted by Gasteiger charge is 2.10. The maximum absolute atomic E-state index is 12.5. The number of ether oxygens (including phenoxy) is 1. The SMILES string of the molecule is CCSc1ccc(C(=O)c2cccc(OC(C)C)c2)cc1. The molecule has 0 heterocycles. The number of hydrogen-bond donors (Lipinski definition) is 0. The smallest absolute Gasteiger partial charge is 0.193 e. The average molecular weight is 300 g/mol. The van der Waals surface area contributed by atoms with Gasteiger partial charge < -0.3 is 4.74 Å². The summed E-state index contributed by atoms with van der Waals surface area (Å²) in [7, 11) is 0. The van der Waals surface area contributed by atoms with Crippen molar-refractivity contribution >= 4 is 17.5 Å². The molecule has 0 atom stereocenters. The van der Waals surface area contributed by atoms with Crippen LogP contribution in [0.1, 0.15) is 36.7 Å². The van der Waals surface area contributed by atoms with Gasteiger partial charge in [0.1, 0.15) is 5.75 Å². The van der Waals surface area contributed by atoms with Gasteiger partial charge >= 0.3 is 0 Å². The first-order chi connectivity index (χ1) is 10.1. The summed E-state index contributed by atoms with van der Waals surface area (Å²) in [5, 5.41) is 0. The number of carbonyl (C=O) groups is 1. The van der Waals surface area contributed by atoms with E-state index in [1.165, 1.54) is 4.90 Å². The molecular weight excluding hydrogens is 280 g/mol. The Kier molecular flexibility index (Phi) is 5.45. The molecule has 0 saturated carbocycles. The van der Waals surface area contributed by atoms with Gasteiger partial charge in [0.15, 0.2) is 5.78 Å². The van der Waals surface area contributed by atoms with Gasteiger partial charge in [-0.25, -0.2) is 0 Å². The van der Waals surface area contributed by atoms with Crippen LogP contribution < -0.4 is 4.74 Å². The fraction of sp³-hybridized carbons (Fsp3) is 0.278. The van der Waals surface area contributed by atoms with Crippen molar-refractivity contribution in [1.82, 2.24) is 0 Å². The predicted molar refractivity (Wildman–Crippen MR) is 88.5 cm³/mol. The van der Waals surface area contributed by atoms with E-state index in [1.54, 1.807) is 17.8 Å². The van der Waals surface area contributed by atoms with E-state index in [9.17, 15) is 4.79 Å². The van der Waals surface area contributed by atoms with Gasteiger partial charge in [-0.05, 0) is 56.0 Å². The summed E-state index contributed by atoms with van der Waals surface area (Å²) in [5.74, 6) is 1.79. The molecule has 21 heavy (non-hydrogen) atoms. The van der Waals surface area contributed by atoms with Gasteiger partial charge in [-0.3, -0.25) is 4.79 Å². The Morgan fingerprint density at radius 1 is 1.10 bits per heavy atom. The molecule has 2 aromatic rings. The molecule has 0 aliphatic carbocycles. The lowest BCUT2D eigenvalue weighted by Gasteiger charge is -2.10. The van der Waals surface area contributed by atoms with Crippen LogP contribution in [-0.2, 0) is 0 Å². The summed E-state index contributed by atoms with van der Waals surface area (Å²) in [6.07, 6.45) is 0.0979. The number of carbonyl (C=O) groups excluding carboxylic acids is 1. The van der Waals surface area contributed by atoms with E-state index in [-0.39, 0.29) is 11.9 Å². The van der Waals surface area contributed by atoms with E-state index in [4.69, 9.17) is 4.74 Å². The third-order valence-electron chi connectivity index (χ3n) is 2.90. The molecule has 0 aliphatic heterocycles. The van der Waals surface area contributed by atoms with E-state index in [0.717, 1.165) is 11.5 Å². The molecule has 2 aromatic carbocycles. The number of thioether (sulfide) groups is 1. The Morgan fingerprint density at radius 2 is 1.81 bits per heavy atom. The summed E-state index contributed by atoms with van der Waals surface area (Å²) in [6.45, 7) is 6.06. The first kappa shape index (κ1) is 15.6. The Labute approximate surface area is 130 Å². The second-order valence-corrected chi connectivity index (χ2v) is 6.32. The minimum Gasteiger partial charge on any atom is -0.491 e. The zero-order valence-electron chi connectivity index (χ0n) is 12.6. The molecular formula is C18H20O2S. The maximum atomic E-state index is 12.5. The van der Waals surface area contributed by atoms with Crippen LogP contribution in [0.25, 0.3) is 0 Å². The van der Waals surface area contributed by atoms with Crippen LogP contribution >= 0.6 is 11.8 Å². The summed E-state index contributed by atoms with van der Waals surface area (Å²) in [6, 6.07) is 15.1. The summed E-state index contributed by atoms with van der Waals surface area (Å²) in [5.41, 5.74) is 1.36. The van der Waals surface area contributed by atoms with Crippen LogP contribution in [0.2, 0.25) is 0 Å². The van der Waals surface area contributed by atoms with E-state index < -0.39 is 0 Å². The topological polar surface area (TPSA) is 26.3 Å². The van der Waals surface area contributed by atoms with Crippen LogP contribution in [0, 0.1) is 0 Å². The second kappa shape index (κ2) is 7.32. The largest absolute Gasteiger partial charge is 0.491 e. The normalized spacial score (nSPS) is 10.7. The van der Waals surface area contributed by atoms with Crippen molar-refractivity contribution < 1.29 is 9.53 Å². The molecule has 0 bridgehead atoms. The highest BCUT2D eigenvalue weighted by atomic mass is 32.2. The summed E-state index contributed by atoms with van der Waals surface area (Å²) < 4.78 is 5.64. The van der Waals surface area contributed by atoms with Gasteiger partial charge in [0.05, 0.1) is 6.10 Å². The van der Waals surface area contributed by atoms with Gasteiger partial charge in [-0.2, -0.15) is 0 Å². The van der Waals surface area contributed by atoms with E-state index in [2.05, 4.69) is 6.92 Å². The molecule has 0 saturated heterocycles. The van der Waals surface area contributed by atoms with Gasteiger partial charge in [-0.15, -0.1) is 11.8 Å². The van der Waals surface area contributed by atoms with Crippen molar-refractivity contribution in [2.45, 2.75) is 31.8 Å². The molecule has 110 valence electrons. The lowest BCUT2D eigenvalue weighted by atomic mass is 10.0. The molecule has 0 aromatic heterocycles.